The Kier molecular flexibility index (Phi) is 4.11. The molecular formula is C16H11ClF2N2O3. The van der Waals surface area contributed by atoms with Gasteiger partial charge in [-0.3, -0.25) is 4.40 Å². The third-order valence-electron chi connectivity index (χ3n) is 3.42. The van der Waals surface area contributed by atoms with Crippen LogP contribution in [0.5, 0.6) is 5.75 Å². The smallest absolute Gasteiger partial charge is 0.356 e. The second-order valence-electron chi connectivity index (χ2n) is 5.12. The zero-order chi connectivity index (χ0) is 17.4. The summed E-state index contributed by atoms with van der Waals surface area (Å²) in [5.41, 5.74) is 0.383. The van der Waals surface area contributed by atoms with Gasteiger partial charge in [0.2, 0.25) is 0 Å². The Bertz CT molecular complexity index is 936. The number of aryl methyl sites for hydroxylation is 1. The van der Waals surface area contributed by atoms with E-state index in [-0.39, 0.29) is 34.4 Å². The van der Waals surface area contributed by atoms with Crippen LogP contribution >= 0.6 is 11.6 Å². The highest BCUT2D eigenvalue weighted by Crippen LogP contribution is 2.27. The van der Waals surface area contributed by atoms with Gasteiger partial charge in [0.15, 0.2) is 22.2 Å². The van der Waals surface area contributed by atoms with Crippen LogP contribution in [-0.4, -0.2) is 20.5 Å². The number of nitrogens with zero attached hydrogens (tertiary/aromatic N) is 2. The van der Waals surface area contributed by atoms with Crippen molar-refractivity contribution in [2.45, 2.75) is 13.5 Å². The Morgan fingerprint density at radius 1 is 1.38 bits per heavy atom. The van der Waals surface area contributed by atoms with E-state index in [2.05, 4.69) is 4.98 Å². The number of carbonyl (C=O) groups is 1. The molecule has 0 unspecified atom stereocenters. The van der Waals surface area contributed by atoms with Crippen LogP contribution < -0.4 is 4.74 Å². The van der Waals surface area contributed by atoms with Crippen LogP contribution in [0.2, 0.25) is 5.15 Å². The molecular weight excluding hydrogens is 342 g/mol. The minimum absolute atomic E-state index is 0.153. The number of fused-ring (bicyclic) bond motifs is 1. The second-order valence-corrected chi connectivity index (χ2v) is 5.48. The summed E-state index contributed by atoms with van der Waals surface area (Å²) in [4.78, 5) is 15.3. The van der Waals surface area contributed by atoms with Gasteiger partial charge in [0, 0.05) is 6.20 Å². The van der Waals surface area contributed by atoms with Crippen molar-refractivity contribution < 1.29 is 23.4 Å². The Labute approximate surface area is 140 Å². The highest BCUT2D eigenvalue weighted by atomic mass is 35.5. The van der Waals surface area contributed by atoms with Crippen molar-refractivity contribution in [2.24, 2.45) is 0 Å². The Morgan fingerprint density at radius 3 is 2.67 bits per heavy atom. The minimum Gasteiger partial charge on any atom is -0.485 e. The molecule has 0 spiro atoms. The molecule has 0 aliphatic rings. The second kappa shape index (κ2) is 6.09. The van der Waals surface area contributed by atoms with E-state index < -0.39 is 17.6 Å². The number of pyridine rings is 1. The molecule has 0 fully saturated rings. The number of carboxylic acids is 1. The van der Waals surface area contributed by atoms with Crippen LogP contribution in [0.3, 0.4) is 0 Å². The summed E-state index contributed by atoms with van der Waals surface area (Å²) in [7, 11) is 0. The Balaban J connectivity index is 2.04. The van der Waals surface area contributed by atoms with Crippen LogP contribution in [0.15, 0.2) is 30.5 Å². The highest BCUT2D eigenvalue weighted by Gasteiger charge is 2.20. The first-order chi connectivity index (χ1) is 11.4. The van der Waals surface area contributed by atoms with Crippen molar-refractivity contribution in [1.82, 2.24) is 9.38 Å². The summed E-state index contributed by atoms with van der Waals surface area (Å²) in [6, 6.07) is 5.10. The largest absolute Gasteiger partial charge is 0.485 e. The van der Waals surface area contributed by atoms with Gasteiger partial charge in [-0.05, 0) is 30.7 Å². The van der Waals surface area contributed by atoms with Crippen LogP contribution in [0.25, 0.3) is 5.65 Å². The first kappa shape index (κ1) is 16.2. The van der Waals surface area contributed by atoms with Gasteiger partial charge in [-0.1, -0.05) is 17.7 Å². The molecule has 0 aliphatic carbocycles. The fourth-order valence-corrected chi connectivity index (χ4v) is 2.59. The fourth-order valence-electron chi connectivity index (χ4n) is 2.33. The average Bonchev–Trinajstić information content (AvgIpc) is 2.82. The van der Waals surface area contributed by atoms with Gasteiger partial charge in [0.05, 0.1) is 5.56 Å². The number of ether oxygens (including phenoxy) is 1. The summed E-state index contributed by atoms with van der Waals surface area (Å²) in [5, 5.41) is 9.03. The maximum atomic E-state index is 13.7. The third kappa shape index (κ3) is 2.78. The molecule has 2 aromatic heterocycles. The Hall–Kier alpha value is -2.67. The predicted molar refractivity (Wildman–Crippen MR) is 82.6 cm³/mol. The molecule has 0 saturated heterocycles. The molecule has 0 bridgehead atoms. The summed E-state index contributed by atoms with van der Waals surface area (Å²) in [6.45, 7) is 1.35. The monoisotopic (exact) mass is 352 g/mol. The van der Waals surface area contributed by atoms with Crippen LogP contribution in [0, 0.1) is 18.6 Å². The molecule has 24 heavy (non-hydrogen) atoms. The lowest BCUT2D eigenvalue weighted by Gasteiger charge is -2.10. The Morgan fingerprint density at radius 2 is 2.04 bits per heavy atom. The maximum Gasteiger partial charge on any atom is 0.356 e. The molecule has 1 N–H and O–H groups in total. The van der Waals surface area contributed by atoms with Crippen molar-refractivity contribution in [1.29, 1.82) is 0 Å². The van der Waals surface area contributed by atoms with E-state index >= 15 is 0 Å². The SMILES string of the molecule is Cc1cc(OCc2c(F)cccc2F)c2nc(Cl)c(C(=O)O)n2c1. The number of carboxylic acid groups (broad SMARTS) is 1. The van der Waals surface area contributed by atoms with E-state index in [0.29, 0.717) is 5.56 Å². The third-order valence-corrected chi connectivity index (χ3v) is 3.68. The molecule has 0 aliphatic heterocycles. The number of imidazole rings is 1. The molecule has 5 nitrogen and oxygen atoms in total. The average molecular weight is 353 g/mol. The van der Waals surface area contributed by atoms with Gasteiger partial charge in [-0.25, -0.2) is 18.6 Å². The summed E-state index contributed by atoms with van der Waals surface area (Å²) in [5.74, 6) is -2.53. The zero-order valence-corrected chi connectivity index (χ0v) is 13.1. The number of hydrogen-bond acceptors (Lipinski definition) is 3. The fraction of sp³-hybridized carbons (Fsp3) is 0.125. The lowest BCUT2D eigenvalue weighted by Crippen LogP contribution is -2.05. The first-order valence-corrected chi connectivity index (χ1v) is 7.23. The number of benzene rings is 1. The summed E-state index contributed by atoms with van der Waals surface area (Å²) < 4.78 is 34.1. The molecule has 0 atom stereocenters. The van der Waals surface area contributed by atoms with Crippen molar-refractivity contribution in [2.75, 3.05) is 0 Å². The van der Waals surface area contributed by atoms with Crippen LogP contribution in [0.4, 0.5) is 8.78 Å². The van der Waals surface area contributed by atoms with Crippen molar-refractivity contribution in [3.8, 4) is 5.75 Å². The van der Waals surface area contributed by atoms with E-state index in [4.69, 9.17) is 16.3 Å². The van der Waals surface area contributed by atoms with E-state index in [0.717, 1.165) is 12.1 Å². The van der Waals surface area contributed by atoms with Crippen molar-refractivity contribution >= 4 is 23.2 Å². The molecule has 0 saturated carbocycles. The topological polar surface area (TPSA) is 63.8 Å². The van der Waals surface area contributed by atoms with Crippen LogP contribution in [0.1, 0.15) is 21.6 Å². The van der Waals surface area contributed by atoms with E-state index in [1.165, 1.54) is 16.7 Å². The summed E-state index contributed by atoms with van der Waals surface area (Å²) >= 11 is 5.87. The van der Waals surface area contributed by atoms with Gasteiger partial charge in [0.1, 0.15) is 18.2 Å². The molecule has 3 aromatic rings. The van der Waals surface area contributed by atoms with E-state index in [1.807, 2.05) is 0 Å². The van der Waals surface area contributed by atoms with Gasteiger partial charge in [-0.2, -0.15) is 0 Å². The predicted octanol–water partition coefficient (Wildman–Crippen LogP) is 3.85. The summed E-state index contributed by atoms with van der Waals surface area (Å²) in [6.07, 6.45) is 1.54. The lowest BCUT2D eigenvalue weighted by molar-refractivity contribution is 0.0689. The van der Waals surface area contributed by atoms with Gasteiger partial charge < -0.3 is 9.84 Å². The van der Waals surface area contributed by atoms with Crippen molar-refractivity contribution in [3.63, 3.8) is 0 Å². The first-order valence-electron chi connectivity index (χ1n) is 6.85. The molecule has 0 radical (unpaired) electrons. The highest BCUT2D eigenvalue weighted by molar-refractivity contribution is 6.32. The van der Waals surface area contributed by atoms with Gasteiger partial charge >= 0.3 is 5.97 Å². The van der Waals surface area contributed by atoms with Crippen molar-refractivity contribution in [3.05, 3.63) is 64.1 Å². The number of aromatic nitrogens is 2. The van der Waals surface area contributed by atoms with Crippen LogP contribution in [-0.2, 0) is 6.61 Å². The van der Waals surface area contributed by atoms with E-state index in [9.17, 15) is 18.7 Å². The normalized spacial score (nSPS) is 11.0. The minimum atomic E-state index is -1.25. The number of aromatic carboxylic acids is 1. The number of hydrogen-bond donors (Lipinski definition) is 1. The molecule has 3 rings (SSSR count). The molecule has 8 heteroatoms. The zero-order valence-electron chi connectivity index (χ0n) is 12.4. The van der Waals surface area contributed by atoms with Gasteiger partial charge in [-0.15, -0.1) is 0 Å². The maximum absolute atomic E-state index is 13.7. The number of halogens is 3. The molecule has 124 valence electrons. The van der Waals surface area contributed by atoms with E-state index in [1.54, 1.807) is 13.0 Å². The van der Waals surface area contributed by atoms with Gasteiger partial charge in [0.25, 0.3) is 0 Å². The lowest BCUT2D eigenvalue weighted by atomic mass is 10.2. The molecule has 2 heterocycles. The standard InChI is InChI=1S/C16H11ClF2N2O3/c1-8-5-12(24-7-9-10(18)3-2-4-11(9)19)15-20-14(17)13(16(22)23)21(15)6-8/h2-6H,7H2,1H3,(H,22,23). The quantitative estimate of drug-likeness (QED) is 0.774. The number of rotatable bonds is 4. The molecule has 0 amide bonds. The molecule has 1 aromatic carbocycles.